The Morgan fingerprint density at radius 3 is 2.96 bits per heavy atom. The van der Waals surface area contributed by atoms with Crippen LogP contribution in [0.2, 0.25) is 0 Å². The Bertz CT molecular complexity index is 521. The molecule has 1 aliphatic heterocycles. The van der Waals surface area contributed by atoms with Crippen LogP contribution >= 0.6 is 0 Å². The van der Waals surface area contributed by atoms with E-state index in [9.17, 15) is 4.79 Å². The molecule has 134 valence electrons. The van der Waals surface area contributed by atoms with E-state index in [-0.39, 0.29) is 12.1 Å². The highest BCUT2D eigenvalue weighted by Gasteiger charge is 2.18. The topological polar surface area (TPSA) is 53.6 Å². The number of hydrogen-bond donors (Lipinski definition) is 2. The summed E-state index contributed by atoms with van der Waals surface area (Å²) in [5.74, 6) is 0.763. The Morgan fingerprint density at radius 1 is 1.42 bits per heavy atom. The predicted octanol–water partition coefficient (Wildman–Crippen LogP) is 2.75. The summed E-state index contributed by atoms with van der Waals surface area (Å²) >= 11 is 0. The largest absolute Gasteiger partial charge is 0.380 e. The average molecular weight is 333 g/mol. The first kappa shape index (κ1) is 18.7. The molecule has 1 heterocycles. The summed E-state index contributed by atoms with van der Waals surface area (Å²) in [6, 6.07) is 8.12. The van der Waals surface area contributed by atoms with E-state index in [4.69, 9.17) is 4.74 Å². The van der Waals surface area contributed by atoms with E-state index in [2.05, 4.69) is 35.4 Å². The molecule has 5 nitrogen and oxygen atoms in total. The van der Waals surface area contributed by atoms with E-state index in [1.165, 1.54) is 12.8 Å². The van der Waals surface area contributed by atoms with Gasteiger partial charge in [-0.25, -0.2) is 4.79 Å². The predicted molar refractivity (Wildman–Crippen MR) is 96.8 cm³/mol. The third-order valence-electron chi connectivity index (χ3n) is 4.41. The van der Waals surface area contributed by atoms with Crippen LogP contribution in [0.5, 0.6) is 0 Å². The number of nitrogens with one attached hydrogen (secondary N) is 2. The zero-order valence-corrected chi connectivity index (χ0v) is 15.2. The fourth-order valence-electron chi connectivity index (χ4n) is 3.34. The monoisotopic (exact) mass is 333 g/mol. The second-order valence-corrected chi connectivity index (χ2v) is 6.99. The maximum absolute atomic E-state index is 12.1. The highest BCUT2D eigenvalue weighted by molar-refractivity contribution is 5.74. The second kappa shape index (κ2) is 9.64. The van der Waals surface area contributed by atoms with Gasteiger partial charge in [0.25, 0.3) is 0 Å². The highest BCUT2D eigenvalue weighted by atomic mass is 16.5. The lowest BCUT2D eigenvalue weighted by atomic mass is 10.00. The third kappa shape index (κ3) is 6.49. The minimum Gasteiger partial charge on any atom is -0.380 e. The van der Waals surface area contributed by atoms with Gasteiger partial charge in [-0.1, -0.05) is 31.2 Å². The van der Waals surface area contributed by atoms with Gasteiger partial charge < -0.3 is 20.3 Å². The lowest BCUT2D eigenvalue weighted by Gasteiger charge is -2.32. The van der Waals surface area contributed by atoms with Crippen molar-refractivity contribution in [1.82, 2.24) is 15.5 Å². The number of likely N-dealkylation sites (tertiary alicyclic amines) is 1. The molecular formula is C19H31N3O2. The van der Waals surface area contributed by atoms with Crippen molar-refractivity contribution in [2.24, 2.45) is 5.92 Å². The Morgan fingerprint density at radius 2 is 2.21 bits per heavy atom. The molecule has 0 radical (unpaired) electrons. The van der Waals surface area contributed by atoms with Crippen molar-refractivity contribution < 1.29 is 9.53 Å². The molecule has 2 atom stereocenters. The number of nitrogens with zero attached hydrogens (tertiary/aromatic N) is 1. The first-order valence-corrected chi connectivity index (χ1v) is 8.90. The van der Waals surface area contributed by atoms with Gasteiger partial charge >= 0.3 is 6.03 Å². The number of methoxy groups -OCH3 is 1. The van der Waals surface area contributed by atoms with Crippen molar-refractivity contribution in [2.45, 2.75) is 45.9 Å². The Balaban J connectivity index is 1.71. The number of ether oxygens (including phenoxy) is 1. The molecule has 0 unspecified atom stereocenters. The lowest BCUT2D eigenvalue weighted by molar-refractivity contribution is 0.169. The van der Waals surface area contributed by atoms with Crippen LogP contribution < -0.4 is 10.6 Å². The van der Waals surface area contributed by atoms with Gasteiger partial charge in [0, 0.05) is 32.8 Å². The summed E-state index contributed by atoms with van der Waals surface area (Å²) in [4.78, 5) is 14.5. The molecule has 1 aromatic rings. The molecule has 1 saturated heterocycles. The number of carbonyl (C=O) groups excluding carboxylic acids is 1. The summed E-state index contributed by atoms with van der Waals surface area (Å²) in [5, 5.41) is 5.97. The van der Waals surface area contributed by atoms with Crippen LogP contribution in [-0.2, 0) is 17.9 Å². The Hall–Kier alpha value is -1.59. The number of amides is 2. The SMILES string of the molecule is COCc1cccc(CNC(=O)N[C@@H](C)CN2CCC[C@H](C)C2)c1. The number of piperidine rings is 1. The van der Waals surface area contributed by atoms with Crippen molar-refractivity contribution in [2.75, 3.05) is 26.7 Å². The van der Waals surface area contributed by atoms with Gasteiger partial charge in [-0.2, -0.15) is 0 Å². The first-order chi connectivity index (χ1) is 11.6. The third-order valence-corrected chi connectivity index (χ3v) is 4.41. The van der Waals surface area contributed by atoms with E-state index in [0.29, 0.717) is 13.2 Å². The molecule has 1 aromatic carbocycles. The molecule has 2 rings (SSSR count). The number of hydrogen-bond acceptors (Lipinski definition) is 3. The van der Waals surface area contributed by atoms with Gasteiger partial charge in [0.15, 0.2) is 0 Å². The highest BCUT2D eigenvalue weighted by Crippen LogP contribution is 2.15. The molecule has 0 aliphatic carbocycles. The number of rotatable bonds is 7. The van der Waals surface area contributed by atoms with E-state index in [0.717, 1.165) is 36.7 Å². The molecular weight excluding hydrogens is 302 g/mol. The van der Waals surface area contributed by atoms with Crippen molar-refractivity contribution in [3.63, 3.8) is 0 Å². The fraction of sp³-hybridized carbons (Fsp3) is 0.632. The molecule has 1 aliphatic rings. The summed E-state index contributed by atoms with van der Waals surface area (Å²) < 4.78 is 5.14. The summed E-state index contributed by atoms with van der Waals surface area (Å²) in [7, 11) is 1.68. The quantitative estimate of drug-likeness (QED) is 0.807. The zero-order chi connectivity index (χ0) is 17.4. The van der Waals surface area contributed by atoms with Crippen molar-refractivity contribution in [3.8, 4) is 0 Å². The minimum absolute atomic E-state index is 0.107. The van der Waals surface area contributed by atoms with Gasteiger partial charge in [-0.3, -0.25) is 0 Å². The lowest BCUT2D eigenvalue weighted by Crippen LogP contribution is -2.47. The Labute approximate surface area is 145 Å². The second-order valence-electron chi connectivity index (χ2n) is 6.99. The van der Waals surface area contributed by atoms with Crippen LogP contribution in [0.3, 0.4) is 0 Å². The van der Waals surface area contributed by atoms with Gasteiger partial charge in [0.1, 0.15) is 0 Å². The molecule has 2 amide bonds. The van der Waals surface area contributed by atoms with Gasteiger partial charge in [0.2, 0.25) is 0 Å². The maximum Gasteiger partial charge on any atom is 0.315 e. The fourth-order valence-corrected chi connectivity index (χ4v) is 3.34. The molecule has 0 bridgehead atoms. The zero-order valence-electron chi connectivity index (χ0n) is 15.2. The molecule has 0 saturated carbocycles. The summed E-state index contributed by atoms with van der Waals surface area (Å²) in [6.07, 6.45) is 2.58. The van der Waals surface area contributed by atoms with E-state index in [1.54, 1.807) is 7.11 Å². The molecule has 0 aromatic heterocycles. The van der Waals surface area contributed by atoms with Gasteiger partial charge in [0.05, 0.1) is 6.61 Å². The number of benzene rings is 1. The number of urea groups is 1. The van der Waals surface area contributed by atoms with Crippen LogP contribution in [0.1, 0.15) is 37.8 Å². The van der Waals surface area contributed by atoms with E-state index >= 15 is 0 Å². The van der Waals surface area contributed by atoms with Gasteiger partial charge in [-0.15, -0.1) is 0 Å². The summed E-state index contributed by atoms with van der Waals surface area (Å²) in [6.45, 7) is 8.68. The number of carbonyl (C=O) groups is 1. The smallest absolute Gasteiger partial charge is 0.315 e. The minimum atomic E-state index is -0.107. The van der Waals surface area contributed by atoms with Crippen LogP contribution in [0.15, 0.2) is 24.3 Å². The van der Waals surface area contributed by atoms with Crippen LogP contribution in [-0.4, -0.2) is 43.7 Å². The van der Waals surface area contributed by atoms with E-state index < -0.39 is 0 Å². The van der Waals surface area contributed by atoms with Crippen molar-refractivity contribution in [3.05, 3.63) is 35.4 Å². The van der Waals surface area contributed by atoms with Crippen LogP contribution in [0.25, 0.3) is 0 Å². The van der Waals surface area contributed by atoms with Crippen molar-refractivity contribution in [1.29, 1.82) is 0 Å². The van der Waals surface area contributed by atoms with Crippen LogP contribution in [0, 0.1) is 5.92 Å². The van der Waals surface area contributed by atoms with Crippen LogP contribution in [0.4, 0.5) is 4.79 Å². The molecule has 2 N–H and O–H groups in total. The first-order valence-electron chi connectivity index (χ1n) is 8.90. The molecule has 1 fully saturated rings. The normalized spacial score (nSPS) is 19.7. The molecule has 5 heteroatoms. The van der Waals surface area contributed by atoms with Gasteiger partial charge in [-0.05, 0) is 43.4 Å². The average Bonchev–Trinajstić information content (AvgIpc) is 2.53. The maximum atomic E-state index is 12.1. The molecule has 24 heavy (non-hydrogen) atoms. The standard InChI is InChI=1S/C19H31N3O2/c1-15-6-5-9-22(12-15)13-16(2)21-19(23)20-11-17-7-4-8-18(10-17)14-24-3/h4,7-8,10,15-16H,5-6,9,11-14H2,1-3H3,(H2,20,21,23)/t15-,16-/m0/s1. The van der Waals surface area contributed by atoms with Crippen molar-refractivity contribution >= 4 is 6.03 Å². The summed E-state index contributed by atoms with van der Waals surface area (Å²) in [5.41, 5.74) is 2.20. The Kier molecular flexibility index (Phi) is 7.53. The van der Waals surface area contributed by atoms with E-state index in [1.807, 2.05) is 18.2 Å². The molecule has 0 spiro atoms.